The minimum Gasteiger partial charge on any atom is -0.378 e. The molecule has 2 unspecified atom stereocenters. The third-order valence-corrected chi connectivity index (χ3v) is 4.33. The summed E-state index contributed by atoms with van der Waals surface area (Å²) in [5, 5.41) is 3.61. The maximum absolute atomic E-state index is 5.82. The highest BCUT2D eigenvalue weighted by atomic mass is 16.5. The summed E-state index contributed by atoms with van der Waals surface area (Å²) in [7, 11) is 0. The van der Waals surface area contributed by atoms with E-state index in [9.17, 15) is 0 Å². The Morgan fingerprint density at radius 1 is 1.50 bits per heavy atom. The molecule has 0 saturated heterocycles. The van der Waals surface area contributed by atoms with Gasteiger partial charge < -0.3 is 4.74 Å². The van der Waals surface area contributed by atoms with E-state index < -0.39 is 0 Å². The van der Waals surface area contributed by atoms with Crippen LogP contribution in [0.3, 0.4) is 0 Å². The second-order valence-electron chi connectivity index (χ2n) is 5.73. The fraction of sp³-hybridized carbons (Fsp3) is 0.857. The van der Waals surface area contributed by atoms with Gasteiger partial charge in [-0.25, -0.2) is 0 Å². The van der Waals surface area contributed by atoms with Crippen LogP contribution in [0, 0.1) is 17.8 Å². The molecule has 1 N–H and O–H groups in total. The largest absolute Gasteiger partial charge is 0.378 e. The van der Waals surface area contributed by atoms with Crippen LogP contribution in [0.25, 0.3) is 0 Å². The zero-order chi connectivity index (χ0) is 11.8. The Labute approximate surface area is 99.1 Å². The summed E-state index contributed by atoms with van der Waals surface area (Å²) < 4.78 is 5.82. The second kappa shape index (κ2) is 4.05. The topological polar surface area (TPSA) is 21.3 Å². The van der Waals surface area contributed by atoms with Gasteiger partial charge >= 0.3 is 0 Å². The van der Waals surface area contributed by atoms with Gasteiger partial charge in [0.1, 0.15) is 0 Å². The highest BCUT2D eigenvalue weighted by Crippen LogP contribution is 2.57. The second-order valence-corrected chi connectivity index (χ2v) is 5.73. The summed E-state index contributed by atoms with van der Waals surface area (Å²) in [4.78, 5) is 0. The molecule has 2 aliphatic carbocycles. The summed E-state index contributed by atoms with van der Waals surface area (Å²) in [6, 6.07) is 0.559. The van der Waals surface area contributed by atoms with Crippen molar-refractivity contribution in [3.05, 3.63) is 0 Å². The predicted molar refractivity (Wildman–Crippen MR) is 66.2 cm³/mol. The first-order valence-electron chi connectivity index (χ1n) is 6.41. The minimum absolute atomic E-state index is 0.190. The Bertz CT molecular complexity index is 298. The molecule has 0 heterocycles. The SMILES string of the molecule is C#CC(C)(C)NC1CC(OCC)C12CCC2. The molecule has 2 aliphatic rings. The van der Waals surface area contributed by atoms with Gasteiger partial charge in [-0.3, -0.25) is 5.32 Å². The fourth-order valence-electron chi connectivity index (χ4n) is 3.12. The first-order chi connectivity index (χ1) is 7.54. The van der Waals surface area contributed by atoms with E-state index in [2.05, 4.69) is 32.0 Å². The number of terminal acetylenes is 1. The van der Waals surface area contributed by atoms with Gasteiger partial charge in [-0.1, -0.05) is 12.3 Å². The Hall–Kier alpha value is -0.520. The third kappa shape index (κ3) is 1.77. The molecule has 16 heavy (non-hydrogen) atoms. The van der Waals surface area contributed by atoms with Crippen molar-refractivity contribution in [2.24, 2.45) is 5.41 Å². The molecule has 90 valence electrons. The summed E-state index contributed by atoms with van der Waals surface area (Å²) in [5.74, 6) is 2.82. The van der Waals surface area contributed by atoms with Crippen LogP contribution in [0.5, 0.6) is 0 Å². The molecule has 0 aromatic heterocycles. The number of ether oxygens (including phenoxy) is 1. The maximum atomic E-state index is 5.82. The summed E-state index contributed by atoms with van der Waals surface area (Å²) in [6.45, 7) is 7.07. The van der Waals surface area contributed by atoms with Crippen molar-refractivity contribution < 1.29 is 4.74 Å². The van der Waals surface area contributed by atoms with Gasteiger partial charge in [-0.05, 0) is 40.0 Å². The molecule has 2 heteroatoms. The van der Waals surface area contributed by atoms with E-state index in [4.69, 9.17) is 11.2 Å². The van der Waals surface area contributed by atoms with E-state index in [1.807, 2.05) is 0 Å². The van der Waals surface area contributed by atoms with Gasteiger partial charge in [0.15, 0.2) is 0 Å². The van der Waals surface area contributed by atoms with Crippen LogP contribution in [-0.4, -0.2) is 24.3 Å². The van der Waals surface area contributed by atoms with Crippen LogP contribution in [0.4, 0.5) is 0 Å². The van der Waals surface area contributed by atoms with Crippen molar-refractivity contribution in [3.8, 4) is 12.3 Å². The smallest absolute Gasteiger partial charge is 0.0743 e. The molecule has 0 bridgehead atoms. The fourth-order valence-corrected chi connectivity index (χ4v) is 3.12. The van der Waals surface area contributed by atoms with E-state index >= 15 is 0 Å². The molecule has 0 radical (unpaired) electrons. The Morgan fingerprint density at radius 3 is 2.62 bits per heavy atom. The highest BCUT2D eigenvalue weighted by Gasteiger charge is 2.59. The van der Waals surface area contributed by atoms with Crippen LogP contribution in [0.1, 0.15) is 46.5 Å². The van der Waals surface area contributed by atoms with E-state index in [0.29, 0.717) is 17.6 Å². The number of hydrogen-bond donors (Lipinski definition) is 1. The van der Waals surface area contributed by atoms with E-state index in [-0.39, 0.29) is 5.54 Å². The minimum atomic E-state index is -0.190. The average Bonchev–Trinajstić information content (AvgIpc) is 2.13. The van der Waals surface area contributed by atoms with Crippen LogP contribution in [0.2, 0.25) is 0 Å². The van der Waals surface area contributed by atoms with Crippen molar-refractivity contribution in [2.75, 3.05) is 6.61 Å². The molecule has 2 atom stereocenters. The molecular formula is C14H23NO. The molecule has 0 aromatic rings. The Morgan fingerprint density at radius 2 is 2.19 bits per heavy atom. The van der Waals surface area contributed by atoms with Crippen molar-refractivity contribution >= 4 is 0 Å². The Kier molecular flexibility index (Phi) is 3.03. The van der Waals surface area contributed by atoms with Crippen LogP contribution in [0.15, 0.2) is 0 Å². The zero-order valence-corrected chi connectivity index (χ0v) is 10.7. The number of hydrogen-bond acceptors (Lipinski definition) is 2. The van der Waals surface area contributed by atoms with Gasteiger partial charge in [0.25, 0.3) is 0 Å². The summed E-state index contributed by atoms with van der Waals surface area (Å²) in [5.41, 5.74) is 0.217. The lowest BCUT2D eigenvalue weighted by Crippen LogP contribution is -2.69. The monoisotopic (exact) mass is 221 g/mol. The van der Waals surface area contributed by atoms with E-state index in [1.165, 1.54) is 19.3 Å². The first-order valence-corrected chi connectivity index (χ1v) is 6.41. The molecule has 1 spiro atoms. The summed E-state index contributed by atoms with van der Waals surface area (Å²) >= 11 is 0. The molecular weight excluding hydrogens is 198 g/mol. The van der Waals surface area contributed by atoms with Gasteiger partial charge in [0.2, 0.25) is 0 Å². The summed E-state index contributed by atoms with van der Waals surface area (Å²) in [6.07, 6.45) is 11.1. The quantitative estimate of drug-likeness (QED) is 0.736. The van der Waals surface area contributed by atoms with Crippen molar-refractivity contribution in [1.82, 2.24) is 5.32 Å². The van der Waals surface area contributed by atoms with Crippen LogP contribution < -0.4 is 5.32 Å². The predicted octanol–water partition coefficient (Wildman–Crippen LogP) is 2.34. The van der Waals surface area contributed by atoms with E-state index in [0.717, 1.165) is 13.0 Å². The molecule has 0 amide bonds. The van der Waals surface area contributed by atoms with E-state index in [1.54, 1.807) is 0 Å². The van der Waals surface area contributed by atoms with Gasteiger partial charge in [0.05, 0.1) is 11.6 Å². The molecule has 2 rings (SSSR count). The van der Waals surface area contributed by atoms with Gasteiger partial charge in [-0.2, -0.15) is 0 Å². The molecule has 0 aromatic carbocycles. The third-order valence-electron chi connectivity index (χ3n) is 4.33. The molecule has 2 saturated carbocycles. The van der Waals surface area contributed by atoms with Crippen molar-refractivity contribution in [2.45, 2.75) is 64.1 Å². The lowest BCUT2D eigenvalue weighted by Gasteiger charge is -2.62. The lowest BCUT2D eigenvalue weighted by molar-refractivity contribution is -0.175. The first kappa shape index (κ1) is 12.0. The standard InChI is InChI=1S/C14H23NO/c1-5-13(3,4)15-11-10-12(16-6-2)14(11)8-7-9-14/h1,11-12,15H,6-10H2,2-4H3. The normalized spacial score (nSPS) is 31.6. The highest BCUT2D eigenvalue weighted by molar-refractivity contribution is 5.17. The molecule has 2 nitrogen and oxygen atoms in total. The lowest BCUT2D eigenvalue weighted by atomic mass is 9.50. The maximum Gasteiger partial charge on any atom is 0.0743 e. The van der Waals surface area contributed by atoms with Crippen molar-refractivity contribution in [1.29, 1.82) is 0 Å². The molecule has 2 fully saturated rings. The van der Waals surface area contributed by atoms with Crippen LogP contribution >= 0.6 is 0 Å². The van der Waals surface area contributed by atoms with Gasteiger partial charge in [0, 0.05) is 18.1 Å². The molecule has 0 aliphatic heterocycles. The Balaban J connectivity index is 1.97. The number of nitrogens with one attached hydrogen (secondary N) is 1. The van der Waals surface area contributed by atoms with Crippen molar-refractivity contribution in [3.63, 3.8) is 0 Å². The van der Waals surface area contributed by atoms with Gasteiger partial charge in [-0.15, -0.1) is 6.42 Å². The average molecular weight is 221 g/mol. The van der Waals surface area contributed by atoms with Crippen LogP contribution in [-0.2, 0) is 4.74 Å². The zero-order valence-electron chi connectivity index (χ0n) is 10.7. The number of rotatable bonds is 4.